The van der Waals surface area contributed by atoms with Crippen LogP contribution in [0.25, 0.3) is 0 Å². The number of carbonyl (C=O) groups is 2. The van der Waals surface area contributed by atoms with Crippen LogP contribution in [0.5, 0.6) is 11.5 Å². The number of amides is 2. The Hall–Kier alpha value is -3.02. The summed E-state index contributed by atoms with van der Waals surface area (Å²) in [6.45, 7) is 7.37. The normalized spacial score (nSPS) is 13.9. The van der Waals surface area contributed by atoms with E-state index in [0.717, 1.165) is 17.9 Å². The van der Waals surface area contributed by atoms with Gasteiger partial charge in [-0.15, -0.1) is 0 Å². The molecule has 0 bridgehead atoms. The van der Waals surface area contributed by atoms with E-state index < -0.39 is 0 Å². The maximum absolute atomic E-state index is 12.9. The van der Waals surface area contributed by atoms with Crippen LogP contribution in [-0.2, 0) is 0 Å². The summed E-state index contributed by atoms with van der Waals surface area (Å²) in [5.74, 6) is 1.49. The summed E-state index contributed by atoms with van der Waals surface area (Å²) >= 11 is 0. The molecule has 0 aromatic heterocycles. The van der Waals surface area contributed by atoms with Crippen molar-refractivity contribution in [1.29, 1.82) is 0 Å². The number of hydrogen-bond donors (Lipinski definition) is 2. The Balaban J connectivity index is 1.64. The number of carbonyl (C=O) groups excluding carboxylic acids is 2. The van der Waals surface area contributed by atoms with Crippen molar-refractivity contribution in [3.63, 3.8) is 0 Å². The number of rotatable bonds is 10. The van der Waals surface area contributed by atoms with Gasteiger partial charge in [0, 0.05) is 23.4 Å². The molecule has 1 aliphatic carbocycles. The maximum Gasteiger partial charge on any atom is 0.255 e. The first kappa shape index (κ1) is 24.6. The van der Waals surface area contributed by atoms with Crippen LogP contribution >= 0.6 is 0 Å². The third-order valence-corrected chi connectivity index (χ3v) is 6.12. The van der Waals surface area contributed by atoms with Gasteiger partial charge in [0.25, 0.3) is 11.8 Å². The number of hydrogen-bond acceptors (Lipinski definition) is 4. The summed E-state index contributed by atoms with van der Waals surface area (Å²) in [6.07, 6.45) is 7.52. The largest absolute Gasteiger partial charge is 0.490 e. The fourth-order valence-corrected chi connectivity index (χ4v) is 4.25. The van der Waals surface area contributed by atoms with Crippen LogP contribution in [0.4, 0.5) is 5.69 Å². The van der Waals surface area contributed by atoms with Crippen molar-refractivity contribution in [2.75, 3.05) is 25.1 Å². The van der Waals surface area contributed by atoms with Crippen molar-refractivity contribution in [3.05, 3.63) is 53.1 Å². The molecular weight excluding hydrogens is 416 g/mol. The Morgan fingerprint density at radius 2 is 1.55 bits per heavy atom. The molecule has 0 unspecified atom stereocenters. The Morgan fingerprint density at radius 3 is 2.27 bits per heavy atom. The van der Waals surface area contributed by atoms with Crippen molar-refractivity contribution in [2.24, 2.45) is 5.92 Å². The van der Waals surface area contributed by atoms with E-state index in [9.17, 15) is 9.59 Å². The zero-order chi connectivity index (χ0) is 23.6. The van der Waals surface area contributed by atoms with Gasteiger partial charge in [-0.1, -0.05) is 38.2 Å². The molecule has 2 amide bonds. The molecule has 1 saturated carbocycles. The molecule has 0 radical (unpaired) electrons. The van der Waals surface area contributed by atoms with Crippen LogP contribution < -0.4 is 20.1 Å². The Labute approximate surface area is 197 Å². The fourth-order valence-electron chi connectivity index (χ4n) is 4.25. The maximum atomic E-state index is 12.9. The van der Waals surface area contributed by atoms with E-state index in [2.05, 4.69) is 10.6 Å². The SMILES string of the molecule is CCOc1ccc(C(=O)Nc2cc(C(=O)NCCC3CCCCC3)ccc2C)cc1OCC. The predicted octanol–water partition coefficient (Wildman–Crippen LogP) is 5.74. The van der Waals surface area contributed by atoms with E-state index in [1.54, 1.807) is 30.3 Å². The van der Waals surface area contributed by atoms with Gasteiger partial charge >= 0.3 is 0 Å². The van der Waals surface area contributed by atoms with Crippen molar-refractivity contribution < 1.29 is 19.1 Å². The van der Waals surface area contributed by atoms with E-state index in [0.29, 0.717) is 48.1 Å². The molecule has 2 aromatic rings. The molecule has 3 rings (SSSR count). The molecule has 178 valence electrons. The van der Waals surface area contributed by atoms with Crippen LogP contribution in [0.3, 0.4) is 0 Å². The third-order valence-electron chi connectivity index (χ3n) is 6.12. The number of ether oxygens (including phenoxy) is 2. The molecule has 0 atom stereocenters. The second kappa shape index (κ2) is 12.3. The number of aryl methyl sites for hydroxylation is 1. The van der Waals surface area contributed by atoms with Gasteiger partial charge in [-0.3, -0.25) is 9.59 Å². The predicted molar refractivity (Wildman–Crippen MR) is 131 cm³/mol. The summed E-state index contributed by atoms with van der Waals surface area (Å²) in [7, 11) is 0. The van der Waals surface area contributed by atoms with Gasteiger partial charge in [-0.05, 0) is 69.0 Å². The number of benzene rings is 2. The zero-order valence-electron chi connectivity index (χ0n) is 20.0. The summed E-state index contributed by atoms with van der Waals surface area (Å²) in [5, 5.41) is 5.97. The highest BCUT2D eigenvalue weighted by Crippen LogP contribution is 2.29. The highest BCUT2D eigenvalue weighted by atomic mass is 16.5. The number of anilines is 1. The Bertz CT molecular complexity index is 951. The minimum absolute atomic E-state index is 0.110. The molecular formula is C27H36N2O4. The van der Waals surface area contributed by atoms with Crippen molar-refractivity contribution in [3.8, 4) is 11.5 Å². The topological polar surface area (TPSA) is 76.7 Å². The lowest BCUT2D eigenvalue weighted by Crippen LogP contribution is -2.26. The molecule has 0 saturated heterocycles. The van der Waals surface area contributed by atoms with Crippen LogP contribution in [0.15, 0.2) is 36.4 Å². The lowest BCUT2D eigenvalue weighted by atomic mass is 9.87. The van der Waals surface area contributed by atoms with Gasteiger partial charge in [0.15, 0.2) is 11.5 Å². The van der Waals surface area contributed by atoms with Gasteiger partial charge in [-0.2, -0.15) is 0 Å². The molecule has 1 fully saturated rings. The van der Waals surface area contributed by atoms with Crippen LogP contribution in [-0.4, -0.2) is 31.6 Å². The second-order valence-electron chi connectivity index (χ2n) is 8.56. The second-order valence-corrected chi connectivity index (χ2v) is 8.56. The fraction of sp³-hybridized carbons (Fsp3) is 0.481. The first-order valence-electron chi connectivity index (χ1n) is 12.1. The zero-order valence-corrected chi connectivity index (χ0v) is 20.0. The average Bonchev–Trinajstić information content (AvgIpc) is 2.82. The first-order chi connectivity index (χ1) is 16.0. The average molecular weight is 453 g/mol. The summed E-state index contributed by atoms with van der Waals surface area (Å²) in [6, 6.07) is 10.5. The highest BCUT2D eigenvalue weighted by molar-refractivity contribution is 6.06. The van der Waals surface area contributed by atoms with Gasteiger partial charge in [0.2, 0.25) is 0 Å². The summed E-state index contributed by atoms with van der Waals surface area (Å²) in [5.41, 5.74) is 2.51. The third kappa shape index (κ3) is 6.98. The quantitative estimate of drug-likeness (QED) is 0.482. The van der Waals surface area contributed by atoms with Crippen molar-refractivity contribution in [1.82, 2.24) is 5.32 Å². The van der Waals surface area contributed by atoms with Crippen LogP contribution in [0.1, 0.15) is 78.7 Å². The molecule has 6 nitrogen and oxygen atoms in total. The summed E-state index contributed by atoms with van der Waals surface area (Å²) < 4.78 is 11.2. The minimum atomic E-state index is -0.267. The molecule has 0 heterocycles. The highest BCUT2D eigenvalue weighted by Gasteiger charge is 2.16. The van der Waals surface area contributed by atoms with Crippen LogP contribution in [0.2, 0.25) is 0 Å². The Kier molecular flexibility index (Phi) is 9.16. The van der Waals surface area contributed by atoms with E-state index >= 15 is 0 Å². The monoisotopic (exact) mass is 452 g/mol. The Morgan fingerprint density at radius 1 is 0.879 bits per heavy atom. The van der Waals surface area contributed by atoms with E-state index in [1.807, 2.05) is 26.8 Å². The lowest BCUT2D eigenvalue weighted by Gasteiger charge is -2.21. The summed E-state index contributed by atoms with van der Waals surface area (Å²) in [4.78, 5) is 25.6. The van der Waals surface area contributed by atoms with Crippen LogP contribution in [0, 0.1) is 12.8 Å². The number of nitrogens with one attached hydrogen (secondary N) is 2. The molecule has 2 aromatic carbocycles. The smallest absolute Gasteiger partial charge is 0.255 e. The lowest BCUT2D eigenvalue weighted by molar-refractivity contribution is 0.0949. The van der Waals surface area contributed by atoms with E-state index in [1.165, 1.54) is 32.1 Å². The van der Waals surface area contributed by atoms with Gasteiger partial charge in [0.1, 0.15) is 0 Å². The van der Waals surface area contributed by atoms with Gasteiger partial charge < -0.3 is 20.1 Å². The van der Waals surface area contributed by atoms with Crippen molar-refractivity contribution >= 4 is 17.5 Å². The molecule has 1 aliphatic rings. The minimum Gasteiger partial charge on any atom is -0.490 e. The van der Waals surface area contributed by atoms with Gasteiger partial charge in [0.05, 0.1) is 13.2 Å². The first-order valence-corrected chi connectivity index (χ1v) is 12.1. The molecule has 0 aliphatic heterocycles. The standard InChI is InChI=1S/C27H36N2O4/c1-4-32-24-14-13-22(18-25(24)33-5-2)27(31)29-23-17-21(12-11-19(23)3)26(30)28-16-15-20-9-7-6-8-10-20/h11-14,17-18,20H,4-10,15-16H2,1-3H3,(H,28,30)(H,29,31). The van der Waals surface area contributed by atoms with E-state index in [-0.39, 0.29) is 11.8 Å². The molecule has 33 heavy (non-hydrogen) atoms. The molecule has 0 spiro atoms. The van der Waals surface area contributed by atoms with E-state index in [4.69, 9.17) is 9.47 Å². The molecule has 6 heteroatoms. The van der Waals surface area contributed by atoms with Crippen molar-refractivity contribution in [2.45, 2.75) is 59.3 Å². The molecule has 2 N–H and O–H groups in total. The van der Waals surface area contributed by atoms with Gasteiger partial charge in [-0.25, -0.2) is 0 Å².